The Morgan fingerprint density at radius 2 is 1.33 bits per heavy atom. The van der Waals surface area contributed by atoms with Crippen molar-refractivity contribution >= 4 is 5.69 Å². The SMILES string of the molecule is CC1c2cc(OCc3ccccc3)ccc2N(Cc2ccc(OCCN3CCCCC3)cc2)C1c1ccc(OCc2ccccc2)c(F)c1. The van der Waals surface area contributed by atoms with E-state index in [0.29, 0.717) is 26.4 Å². The van der Waals surface area contributed by atoms with E-state index in [1.54, 1.807) is 12.1 Å². The highest BCUT2D eigenvalue weighted by Crippen LogP contribution is 2.51. The van der Waals surface area contributed by atoms with Crippen molar-refractivity contribution in [1.29, 1.82) is 0 Å². The summed E-state index contributed by atoms with van der Waals surface area (Å²) in [6.07, 6.45) is 3.91. The van der Waals surface area contributed by atoms with Crippen LogP contribution in [0.1, 0.15) is 66.0 Å². The molecule has 0 amide bonds. The molecule has 252 valence electrons. The topological polar surface area (TPSA) is 34.2 Å². The Kier molecular flexibility index (Phi) is 10.4. The third-order valence-electron chi connectivity index (χ3n) is 9.79. The molecule has 2 atom stereocenters. The first-order valence-corrected chi connectivity index (χ1v) is 17.6. The molecule has 5 aromatic carbocycles. The van der Waals surface area contributed by atoms with E-state index in [1.807, 2.05) is 60.7 Å². The van der Waals surface area contributed by atoms with Crippen LogP contribution in [-0.2, 0) is 19.8 Å². The third kappa shape index (κ3) is 8.09. The van der Waals surface area contributed by atoms with Gasteiger partial charge in [0.25, 0.3) is 0 Å². The third-order valence-corrected chi connectivity index (χ3v) is 9.79. The van der Waals surface area contributed by atoms with Crippen LogP contribution in [-0.4, -0.2) is 31.1 Å². The molecule has 6 heteroatoms. The zero-order valence-corrected chi connectivity index (χ0v) is 28.3. The lowest BCUT2D eigenvalue weighted by Gasteiger charge is -2.30. The summed E-state index contributed by atoms with van der Waals surface area (Å²) in [5.74, 6) is 1.73. The van der Waals surface area contributed by atoms with Crippen LogP contribution in [0.3, 0.4) is 0 Å². The zero-order valence-electron chi connectivity index (χ0n) is 28.3. The van der Waals surface area contributed by atoms with Crippen molar-refractivity contribution in [2.24, 2.45) is 0 Å². The quantitative estimate of drug-likeness (QED) is 0.126. The summed E-state index contributed by atoms with van der Waals surface area (Å²) in [5, 5.41) is 0. The summed E-state index contributed by atoms with van der Waals surface area (Å²) in [7, 11) is 0. The average Bonchev–Trinajstić information content (AvgIpc) is 3.42. The molecule has 0 N–H and O–H groups in total. The number of rotatable bonds is 13. The van der Waals surface area contributed by atoms with Gasteiger partial charge in [-0.2, -0.15) is 0 Å². The summed E-state index contributed by atoms with van der Waals surface area (Å²) >= 11 is 0. The molecular formula is C43H45FN2O3. The Hall–Kier alpha value is -4.81. The Morgan fingerprint density at radius 3 is 2.02 bits per heavy atom. The maximum absolute atomic E-state index is 15.6. The van der Waals surface area contributed by atoms with E-state index in [9.17, 15) is 0 Å². The van der Waals surface area contributed by atoms with Crippen molar-refractivity contribution in [2.75, 3.05) is 31.1 Å². The summed E-state index contributed by atoms with van der Waals surface area (Å²) in [4.78, 5) is 4.89. The molecule has 2 heterocycles. The molecule has 0 saturated carbocycles. The van der Waals surface area contributed by atoms with Gasteiger partial charge in [-0.1, -0.05) is 92.2 Å². The predicted molar refractivity (Wildman–Crippen MR) is 194 cm³/mol. The van der Waals surface area contributed by atoms with Gasteiger partial charge in [0, 0.05) is 24.7 Å². The van der Waals surface area contributed by atoms with Crippen LogP contribution in [0.2, 0.25) is 0 Å². The van der Waals surface area contributed by atoms with Crippen LogP contribution in [0.5, 0.6) is 17.2 Å². The molecule has 2 aliphatic rings. The van der Waals surface area contributed by atoms with Gasteiger partial charge in [-0.05, 0) is 96.2 Å². The minimum Gasteiger partial charge on any atom is -0.492 e. The first kappa shape index (κ1) is 32.7. The second-order valence-corrected chi connectivity index (χ2v) is 13.2. The van der Waals surface area contributed by atoms with Crippen LogP contribution in [0.15, 0.2) is 121 Å². The van der Waals surface area contributed by atoms with Crippen LogP contribution in [0, 0.1) is 5.82 Å². The van der Waals surface area contributed by atoms with Crippen molar-refractivity contribution in [3.05, 3.63) is 155 Å². The standard InChI is InChI=1S/C43H45FN2O3/c1-32-39-28-38(48-30-34-11-5-2-6-12-34)20-21-41(39)46(29-33-15-18-37(19-16-33)47-26-25-45-23-9-4-10-24-45)43(32)36-17-22-42(40(44)27-36)49-31-35-13-7-3-8-14-35/h2-3,5-8,11-22,27-28,32,43H,4,9-10,23-26,29-31H2,1H3. The number of fused-ring (bicyclic) bond motifs is 1. The molecule has 0 bridgehead atoms. The number of hydrogen-bond acceptors (Lipinski definition) is 5. The Labute approximate surface area is 289 Å². The molecular weight excluding hydrogens is 611 g/mol. The Morgan fingerprint density at radius 1 is 0.653 bits per heavy atom. The van der Waals surface area contributed by atoms with Gasteiger partial charge in [0.15, 0.2) is 11.6 Å². The van der Waals surface area contributed by atoms with Crippen molar-refractivity contribution in [1.82, 2.24) is 4.90 Å². The van der Waals surface area contributed by atoms with E-state index >= 15 is 4.39 Å². The monoisotopic (exact) mass is 656 g/mol. The van der Waals surface area contributed by atoms with Gasteiger partial charge in [0.1, 0.15) is 31.3 Å². The van der Waals surface area contributed by atoms with Crippen LogP contribution in [0.4, 0.5) is 10.1 Å². The highest BCUT2D eigenvalue weighted by molar-refractivity contribution is 5.65. The van der Waals surface area contributed by atoms with Crippen molar-refractivity contribution in [2.45, 2.75) is 57.9 Å². The van der Waals surface area contributed by atoms with E-state index in [2.05, 4.69) is 65.3 Å². The molecule has 0 radical (unpaired) electrons. The molecule has 1 saturated heterocycles. The molecule has 5 aromatic rings. The number of benzene rings is 5. The minimum atomic E-state index is -0.352. The van der Waals surface area contributed by atoms with Gasteiger partial charge in [0.05, 0.1) is 6.04 Å². The molecule has 0 spiro atoms. The maximum atomic E-state index is 15.6. The number of likely N-dealkylation sites (tertiary alicyclic amines) is 1. The lowest BCUT2D eigenvalue weighted by molar-refractivity contribution is 0.183. The zero-order chi connectivity index (χ0) is 33.4. The number of halogens is 1. The van der Waals surface area contributed by atoms with E-state index in [4.69, 9.17) is 14.2 Å². The summed E-state index contributed by atoms with van der Waals surface area (Å²) in [5.41, 5.74) is 6.54. The van der Waals surface area contributed by atoms with Gasteiger partial charge < -0.3 is 19.1 Å². The first-order chi connectivity index (χ1) is 24.1. The molecule has 2 unspecified atom stereocenters. The maximum Gasteiger partial charge on any atom is 0.165 e. The van der Waals surface area contributed by atoms with Crippen molar-refractivity contribution < 1.29 is 18.6 Å². The molecule has 5 nitrogen and oxygen atoms in total. The van der Waals surface area contributed by atoms with Gasteiger partial charge in [-0.15, -0.1) is 0 Å². The lowest BCUT2D eigenvalue weighted by atomic mass is 9.91. The van der Waals surface area contributed by atoms with E-state index < -0.39 is 0 Å². The van der Waals surface area contributed by atoms with Gasteiger partial charge in [0.2, 0.25) is 0 Å². The highest BCUT2D eigenvalue weighted by Gasteiger charge is 2.37. The first-order valence-electron chi connectivity index (χ1n) is 17.6. The summed E-state index contributed by atoms with van der Waals surface area (Å²) in [6, 6.07) is 40.2. The summed E-state index contributed by atoms with van der Waals surface area (Å²) < 4.78 is 33.9. The van der Waals surface area contributed by atoms with E-state index in [1.165, 1.54) is 43.5 Å². The van der Waals surface area contributed by atoms with Gasteiger partial charge in [-0.25, -0.2) is 4.39 Å². The normalized spacial score (nSPS) is 17.5. The lowest BCUT2D eigenvalue weighted by Crippen LogP contribution is -2.33. The second kappa shape index (κ2) is 15.6. The average molecular weight is 657 g/mol. The number of nitrogens with zero attached hydrogens (tertiary/aromatic N) is 2. The summed E-state index contributed by atoms with van der Waals surface area (Å²) in [6.45, 7) is 7.73. The molecule has 49 heavy (non-hydrogen) atoms. The fraction of sp³-hybridized carbons (Fsp3) is 0.302. The molecule has 0 aliphatic carbocycles. The number of piperidine rings is 1. The van der Waals surface area contributed by atoms with Crippen molar-refractivity contribution in [3.63, 3.8) is 0 Å². The molecule has 7 rings (SSSR count). The van der Waals surface area contributed by atoms with E-state index in [0.717, 1.165) is 40.4 Å². The molecule has 1 fully saturated rings. The van der Waals surface area contributed by atoms with Gasteiger partial charge >= 0.3 is 0 Å². The number of anilines is 1. The number of hydrogen-bond donors (Lipinski definition) is 0. The Bertz CT molecular complexity index is 1790. The highest BCUT2D eigenvalue weighted by atomic mass is 19.1. The van der Waals surface area contributed by atoms with E-state index in [-0.39, 0.29) is 23.5 Å². The number of ether oxygens (including phenoxy) is 3. The smallest absolute Gasteiger partial charge is 0.165 e. The molecule has 2 aliphatic heterocycles. The second-order valence-electron chi connectivity index (χ2n) is 13.2. The van der Waals surface area contributed by atoms with Crippen molar-refractivity contribution in [3.8, 4) is 17.2 Å². The van der Waals surface area contributed by atoms with Crippen LogP contribution >= 0.6 is 0 Å². The fourth-order valence-corrected chi connectivity index (χ4v) is 7.15. The fourth-order valence-electron chi connectivity index (χ4n) is 7.15. The van der Waals surface area contributed by atoms with Crippen LogP contribution in [0.25, 0.3) is 0 Å². The van der Waals surface area contributed by atoms with Crippen LogP contribution < -0.4 is 19.1 Å². The molecule has 0 aromatic heterocycles. The predicted octanol–water partition coefficient (Wildman–Crippen LogP) is 9.71. The minimum absolute atomic E-state index is 0.0717. The Balaban J connectivity index is 1.10. The van der Waals surface area contributed by atoms with Gasteiger partial charge in [-0.3, -0.25) is 4.90 Å². The largest absolute Gasteiger partial charge is 0.492 e.